The van der Waals surface area contributed by atoms with Crippen LogP contribution in [-0.4, -0.2) is 27.5 Å². The van der Waals surface area contributed by atoms with Gasteiger partial charge in [0.05, 0.1) is 17.8 Å². The van der Waals surface area contributed by atoms with Crippen molar-refractivity contribution in [3.63, 3.8) is 0 Å². The largest absolute Gasteiger partial charge is 0.492 e. The van der Waals surface area contributed by atoms with Crippen LogP contribution in [0, 0.1) is 0 Å². The molecule has 2 rings (SSSR count). The summed E-state index contributed by atoms with van der Waals surface area (Å²) in [5.41, 5.74) is 0.770. The zero-order valence-corrected chi connectivity index (χ0v) is 11.3. The average molecular weight is 293 g/mol. The lowest BCUT2D eigenvalue weighted by Crippen LogP contribution is -2.08. The molecule has 0 saturated heterocycles. The molecule has 2 aromatic rings. The van der Waals surface area contributed by atoms with E-state index in [0.717, 1.165) is 11.6 Å². The maximum atomic E-state index is 10.4. The van der Waals surface area contributed by atoms with Gasteiger partial charge in [-0.25, -0.2) is 4.79 Å². The fourth-order valence-electron chi connectivity index (χ4n) is 1.59. The van der Waals surface area contributed by atoms with Crippen molar-refractivity contribution in [3.05, 3.63) is 53.3 Å². The summed E-state index contributed by atoms with van der Waals surface area (Å²) in [4.78, 5) is 10.4. The molecule has 0 bridgehead atoms. The molecule has 1 heterocycles. The first-order valence-corrected chi connectivity index (χ1v) is 6.33. The maximum Gasteiger partial charge on any atom is 0.328 e. The number of halogens is 1. The van der Waals surface area contributed by atoms with Gasteiger partial charge < -0.3 is 9.84 Å². The quantitative estimate of drug-likeness (QED) is 0.832. The summed E-state index contributed by atoms with van der Waals surface area (Å²) in [5.74, 6) is -0.303. The molecule has 1 N–H and O–H groups in total. The molecule has 0 spiro atoms. The fourth-order valence-corrected chi connectivity index (χ4v) is 1.75. The van der Waals surface area contributed by atoms with Gasteiger partial charge in [-0.2, -0.15) is 5.10 Å². The molecular formula is C14H13ClN2O3. The topological polar surface area (TPSA) is 64.3 Å². The highest BCUT2D eigenvalue weighted by molar-refractivity contribution is 6.30. The standard InChI is InChI=1S/C14H13ClN2O3/c15-12-9-16-17(10-12)6-7-20-13-3-1-2-11(8-13)4-5-14(18)19/h1-5,8-10H,6-7H2,(H,18,19). The average Bonchev–Trinajstić information content (AvgIpc) is 2.83. The molecule has 0 unspecified atom stereocenters. The summed E-state index contributed by atoms with van der Waals surface area (Å²) in [5, 5.41) is 13.2. The van der Waals surface area contributed by atoms with E-state index < -0.39 is 5.97 Å². The lowest BCUT2D eigenvalue weighted by Gasteiger charge is -2.06. The highest BCUT2D eigenvalue weighted by Gasteiger charge is 1.98. The van der Waals surface area contributed by atoms with Crippen molar-refractivity contribution in [1.29, 1.82) is 0 Å². The molecule has 1 aromatic carbocycles. The van der Waals surface area contributed by atoms with Crippen molar-refractivity contribution in [1.82, 2.24) is 9.78 Å². The third-order valence-corrected chi connectivity index (χ3v) is 2.66. The number of hydrogen-bond acceptors (Lipinski definition) is 3. The van der Waals surface area contributed by atoms with Crippen LogP contribution in [0.3, 0.4) is 0 Å². The molecule has 0 aliphatic rings. The lowest BCUT2D eigenvalue weighted by molar-refractivity contribution is -0.131. The van der Waals surface area contributed by atoms with Crippen LogP contribution in [0.5, 0.6) is 5.75 Å². The van der Waals surface area contributed by atoms with E-state index in [4.69, 9.17) is 21.4 Å². The van der Waals surface area contributed by atoms with Gasteiger partial charge in [0.15, 0.2) is 0 Å². The summed E-state index contributed by atoms with van der Waals surface area (Å²) in [6, 6.07) is 7.20. The summed E-state index contributed by atoms with van der Waals surface area (Å²) in [6.07, 6.45) is 5.89. The zero-order chi connectivity index (χ0) is 14.4. The van der Waals surface area contributed by atoms with Gasteiger partial charge in [-0.3, -0.25) is 4.68 Å². The third-order valence-electron chi connectivity index (χ3n) is 2.47. The van der Waals surface area contributed by atoms with Crippen molar-refractivity contribution in [2.24, 2.45) is 0 Å². The van der Waals surface area contributed by atoms with Crippen molar-refractivity contribution in [3.8, 4) is 5.75 Å². The normalized spacial score (nSPS) is 10.8. The molecule has 0 aliphatic heterocycles. The van der Waals surface area contributed by atoms with Crippen LogP contribution in [0.25, 0.3) is 6.08 Å². The number of hydrogen-bond donors (Lipinski definition) is 1. The highest BCUT2D eigenvalue weighted by atomic mass is 35.5. The van der Waals surface area contributed by atoms with E-state index in [1.807, 2.05) is 12.1 Å². The lowest BCUT2D eigenvalue weighted by atomic mass is 10.2. The second kappa shape index (κ2) is 6.77. The minimum absolute atomic E-state index is 0.449. The second-order valence-corrected chi connectivity index (χ2v) is 4.45. The molecule has 5 nitrogen and oxygen atoms in total. The number of carboxylic acids is 1. The first-order chi connectivity index (χ1) is 9.63. The number of aromatic nitrogens is 2. The van der Waals surface area contributed by atoms with Gasteiger partial charge in [-0.05, 0) is 23.8 Å². The maximum absolute atomic E-state index is 10.4. The molecule has 0 aliphatic carbocycles. The molecule has 6 heteroatoms. The molecule has 1 aromatic heterocycles. The molecule has 0 amide bonds. The zero-order valence-electron chi connectivity index (χ0n) is 10.6. The minimum Gasteiger partial charge on any atom is -0.492 e. The molecule has 0 fully saturated rings. The van der Waals surface area contributed by atoms with Gasteiger partial charge in [0.1, 0.15) is 12.4 Å². The van der Waals surface area contributed by atoms with Crippen LogP contribution in [-0.2, 0) is 11.3 Å². The number of carbonyl (C=O) groups is 1. The number of aliphatic carboxylic acids is 1. The first-order valence-electron chi connectivity index (χ1n) is 5.95. The first kappa shape index (κ1) is 14.1. The highest BCUT2D eigenvalue weighted by Crippen LogP contribution is 2.14. The van der Waals surface area contributed by atoms with Crippen LogP contribution in [0.2, 0.25) is 5.02 Å². The molecule has 0 saturated carbocycles. The molecular weight excluding hydrogens is 280 g/mol. The minimum atomic E-state index is -0.980. The smallest absolute Gasteiger partial charge is 0.328 e. The summed E-state index contributed by atoms with van der Waals surface area (Å²) in [6.45, 7) is 1.03. The van der Waals surface area contributed by atoms with Crippen molar-refractivity contribution < 1.29 is 14.6 Å². The van der Waals surface area contributed by atoms with E-state index in [0.29, 0.717) is 23.9 Å². The Morgan fingerprint density at radius 1 is 1.50 bits per heavy atom. The van der Waals surface area contributed by atoms with Gasteiger partial charge in [0.2, 0.25) is 0 Å². The molecule has 104 valence electrons. The number of rotatable bonds is 6. The van der Waals surface area contributed by atoms with E-state index in [9.17, 15) is 4.79 Å². The summed E-state index contributed by atoms with van der Waals surface area (Å²) < 4.78 is 7.27. The van der Waals surface area contributed by atoms with Crippen molar-refractivity contribution >= 4 is 23.6 Å². The van der Waals surface area contributed by atoms with E-state index in [1.54, 1.807) is 29.2 Å². The van der Waals surface area contributed by atoms with Crippen LogP contribution in [0.1, 0.15) is 5.56 Å². The van der Waals surface area contributed by atoms with Crippen LogP contribution in [0.4, 0.5) is 0 Å². The number of nitrogens with zero attached hydrogens (tertiary/aromatic N) is 2. The molecule has 0 radical (unpaired) electrons. The van der Waals surface area contributed by atoms with Gasteiger partial charge in [0, 0.05) is 12.3 Å². The Balaban J connectivity index is 1.89. The van der Waals surface area contributed by atoms with Gasteiger partial charge in [-0.1, -0.05) is 23.7 Å². The summed E-state index contributed by atoms with van der Waals surface area (Å²) in [7, 11) is 0. The van der Waals surface area contributed by atoms with Gasteiger partial charge in [-0.15, -0.1) is 0 Å². The monoisotopic (exact) mass is 292 g/mol. The van der Waals surface area contributed by atoms with E-state index in [1.165, 1.54) is 6.08 Å². The predicted octanol–water partition coefficient (Wildman–Crippen LogP) is 2.71. The third kappa shape index (κ3) is 4.44. The molecule has 20 heavy (non-hydrogen) atoms. The second-order valence-electron chi connectivity index (χ2n) is 4.01. The van der Waals surface area contributed by atoms with Crippen molar-refractivity contribution in [2.45, 2.75) is 6.54 Å². The van der Waals surface area contributed by atoms with Crippen LogP contribution < -0.4 is 4.74 Å². The number of carboxylic acid groups (broad SMARTS) is 1. The summed E-state index contributed by atoms with van der Waals surface area (Å²) >= 11 is 5.76. The Kier molecular flexibility index (Phi) is 4.79. The number of ether oxygens (including phenoxy) is 1. The Morgan fingerprint density at radius 2 is 2.35 bits per heavy atom. The van der Waals surface area contributed by atoms with Crippen LogP contribution in [0.15, 0.2) is 42.7 Å². The fraction of sp³-hybridized carbons (Fsp3) is 0.143. The Hall–Kier alpha value is -2.27. The van der Waals surface area contributed by atoms with E-state index in [-0.39, 0.29) is 0 Å². The Morgan fingerprint density at radius 3 is 3.05 bits per heavy atom. The predicted molar refractivity (Wildman–Crippen MR) is 75.8 cm³/mol. The van der Waals surface area contributed by atoms with Crippen LogP contribution >= 0.6 is 11.6 Å². The van der Waals surface area contributed by atoms with Gasteiger partial charge >= 0.3 is 5.97 Å². The Bertz CT molecular complexity index is 622. The van der Waals surface area contributed by atoms with E-state index in [2.05, 4.69) is 5.10 Å². The SMILES string of the molecule is O=C(O)C=Cc1cccc(OCCn2cc(Cl)cn2)c1. The Labute approximate surface area is 121 Å². The van der Waals surface area contributed by atoms with E-state index >= 15 is 0 Å². The van der Waals surface area contributed by atoms with Crippen molar-refractivity contribution in [2.75, 3.05) is 6.61 Å². The molecule has 0 atom stereocenters. The number of benzene rings is 1. The van der Waals surface area contributed by atoms with Gasteiger partial charge in [0.25, 0.3) is 0 Å².